The van der Waals surface area contributed by atoms with Gasteiger partial charge in [-0.25, -0.2) is 0 Å². The minimum Gasteiger partial charge on any atom is -0.461 e. The molecule has 27 heavy (non-hydrogen) atoms. The average molecular weight is 382 g/mol. The summed E-state index contributed by atoms with van der Waals surface area (Å²) in [5.74, 6) is 1.81. The molecule has 0 atom stereocenters. The van der Waals surface area contributed by atoms with Gasteiger partial charge in [0.2, 0.25) is 0 Å². The van der Waals surface area contributed by atoms with Crippen LogP contribution in [0.2, 0.25) is 0 Å². The largest absolute Gasteiger partial charge is 0.461 e. The summed E-state index contributed by atoms with van der Waals surface area (Å²) in [7, 11) is 1.90. The van der Waals surface area contributed by atoms with E-state index in [-0.39, 0.29) is 11.8 Å². The average Bonchev–Trinajstić information content (AvgIpc) is 3.38. The Morgan fingerprint density at radius 1 is 1.00 bits per heavy atom. The van der Waals surface area contributed by atoms with Crippen LogP contribution in [0.25, 0.3) is 11.6 Å². The van der Waals surface area contributed by atoms with Crippen LogP contribution in [-0.2, 0) is 7.05 Å². The quantitative estimate of drug-likeness (QED) is 0.354. The molecule has 7 nitrogen and oxygen atoms in total. The number of aromatic nitrogens is 3. The first-order valence-corrected chi connectivity index (χ1v) is 9.66. The fraction of sp³-hybridized carbons (Fsp3) is 0.263. The number of furan rings is 1. The first-order valence-electron chi connectivity index (χ1n) is 8.68. The van der Waals surface area contributed by atoms with E-state index in [4.69, 9.17) is 4.42 Å². The Morgan fingerprint density at radius 3 is 2.41 bits per heavy atom. The summed E-state index contributed by atoms with van der Waals surface area (Å²) in [6, 6.07) is 10.6. The maximum absolute atomic E-state index is 12.3. The molecule has 2 amide bonds. The van der Waals surface area contributed by atoms with E-state index in [1.165, 1.54) is 4.90 Å². The molecule has 0 fully saturated rings. The van der Waals surface area contributed by atoms with Crippen LogP contribution in [-0.4, -0.2) is 43.8 Å². The van der Waals surface area contributed by atoms with Crippen LogP contribution in [0.3, 0.4) is 0 Å². The maximum Gasteiger partial charge on any atom is 0.261 e. The van der Waals surface area contributed by atoms with Crippen LogP contribution >= 0.6 is 11.8 Å². The number of hydrogen-bond donors (Lipinski definition) is 0. The van der Waals surface area contributed by atoms with Gasteiger partial charge < -0.3 is 8.98 Å². The number of thioether (sulfide) groups is 1. The van der Waals surface area contributed by atoms with Crippen molar-refractivity contribution in [3.63, 3.8) is 0 Å². The molecule has 0 bridgehead atoms. The van der Waals surface area contributed by atoms with E-state index in [0.717, 1.165) is 23.8 Å². The molecule has 3 heterocycles. The SMILES string of the molecule is Cn1c(SCCCCN2C(=O)c3ccccc3C2=O)nnc1-c1ccco1. The molecule has 1 aliphatic heterocycles. The highest BCUT2D eigenvalue weighted by atomic mass is 32.2. The number of carbonyl (C=O) groups is 2. The fourth-order valence-electron chi connectivity index (χ4n) is 3.04. The van der Waals surface area contributed by atoms with Crippen molar-refractivity contribution in [3.05, 3.63) is 53.8 Å². The predicted molar refractivity (Wildman–Crippen MR) is 100 cm³/mol. The van der Waals surface area contributed by atoms with Gasteiger partial charge in [-0.2, -0.15) is 0 Å². The van der Waals surface area contributed by atoms with Crippen molar-refractivity contribution in [3.8, 4) is 11.6 Å². The van der Waals surface area contributed by atoms with E-state index >= 15 is 0 Å². The van der Waals surface area contributed by atoms with Crippen molar-refractivity contribution in [2.24, 2.45) is 7.05 Å². The molecule has 1 aromatic carbocycles. The highest BCUT2D eigenvalue weighted by Crippen LogP contribution is 2.25. The van der Waals surface area contributed by atoms with E-state index < -0.39 is 0 Å². The summed E-state index contributed by atoms with van der Waals surface area (Å²) in [5.41, 5.74) is 1.00. The van der Waals surface area contributed by atoms with Crippen molar-refractivity contribution in [1.29, 1.82) is 0 Å². The lowest BCUT2D eigenvalue weighted by molar-refractivity contribution is 0.0652. The fourth-order valence-corrected chi connectivity index (χ4v) is 3.95. The summed E-state index contributed by atoms with van der Waals surface area (Å²) in [5, 5.41) is 9.17. The number of carbonyl (C=O) groups excluding carboxylic acids is 2. The molecule has 8 heteroatoms. The Bertz CT molecular complexity index is 946. The first-order chi connectivity index (χ1) is 13.2. The lowest BCUT2D eigenvalue weighted by atomic mass is 10.1. The van der Waals surface area contributed by atoms with Gasteiger partial charge in [0, 0.05) is 19.3 Å². The number of rotatable bonds is 7. The van der Waals surface area contributed by atoms with E-state index in [0.29, 0.717) is 29.3 Å². The van der Waals surface area contributed by atoms with Gasteiger partial charge in [-0.05, 0) is 37.1 Å². The van der Waals surface area contributed by atoms with Gasteiger partial charge >= 0.3 is 0 Å². The third-order valence-electron chi connectivity index (χ3n) is 4.46. The smallest absolute Gasteiger partial charge is 0.261 e. The third kappa shape index (κ3) is 3.28. The second-order valence-corrected chi connectivity index (χ2v) is 7.27. The molecule has 2 aromatic heterocycles. The minimum atomic E-state index is -0.195. The second-order valence-electron chi connectivity index (χ2n) is 6.21. The van der Waals surface area contributed by atoms with Crippen LogP contribution in [0.15, 0.2) is 52.2 Å². The van der Waals surface area contributed by atoms with Crippen LogP contribution < -0.4 is 0 Å². The van der Waals surface area contributed by atoms with E-state index in [2.05, 4.69) is 10.2 Å². The molecule has 0 unspecified atom stereocenters. The predicted octanol–water partition coefficient (Wildman–Crippen LogP) is 3.24. The maximum atomic E-state index is 12.3. The Labute approximate surface area is 160 Å². The minimum absolute atomic E-state index is 0.195. The van der Waals surface area contributed by atoms with Crippen LogP contribution in [0.5, 0.6) is 0 Å². The zero-order valence-corrected chi connectivity index (χ0v) is 15.6. The molecule has 0 N–H and O–H groups in total. The lowest BCUT2D eigenvalue weighted by Crippen LogP contribution is -2.30. The van der Waals surface area contributed by atoms with Gasteiger partial charge in [-0.3, -0.25) is 14.5 Å². The van der Waals surface area contributed by atoms with Gasteiger partial charge in [0.05, 0.1) is 17.4 Å². The normalized spacial score (nSPS) is 13.4. The Kier molecular flexibility index (Phi) is 4.81. The molecule has 1 aliphatic rings. The number of benzene rings is 1. The Hall–Kier alpha value is -2.87. The Morgan fingerprint density at radius 2 is 1.74 bits per heavy atom. The summed E-state index contributed by atoms with van der Waals surface area (Å²) < 4.78 is 7.26. The van der Waals surface area contributed by atoms with Gasteiger partial charge in [-0.1, -0.05) is 23.9 Å². The number of fused-ring (bicyclic) bond motifs is 1. The number of amides is 2. The van der Waals surface area contributed by atoms with E-state index in [1.54, 1.807) is 42.3 Å². The molecular weight excluding hydrogens is 364 g/mol. The zero-order chi connectivity index (χ0) is 18.8. The van der Waals surface area contributed by atoms with Crippen molar-refractivity contribution >= 4 is 23.6 Å². The first kappa shape index (κ1) is 17.5. The van der Waals surface area contributed by atoms with Gasteiger partial charge in [0.25, 0.3) is 11.8 Å². The van der Waals surface area contributed by atoms with Crippen LogP contribution in [0.1, 0.15) is 33.6 Å². The molecule has 0 radical (unpaired) electrons. The van der Waals surface area contributed by atoms with Crippen LogP contribution in [0, 0.1) is 0 Å². The van der Waals surface area contributed by atoms with E-state index in [1.807, 2.05) is 23.7 Å². The molecule has 0 aliphatic carbocycles. The monoisotopic (exact) mass is 382 g/mol. The second kappa shape index (κ2) is 7.40. The highest BCUT2D eigenvalue weighted by Gasteiger charge is 2.34. The number of hydrogen-bond acceptors (Lipinski definition) is 6. The summed E-state index contributed by atoms with van der Waals surface area (Å²) in [4.78, 5) is 26.0. The number of unbranched alkanes of at least 4 members (excludes halogenated alkanes) is 1. The van der Waals surface area contributed by atoms with Crippen molar-refractivity contribution in [1.82, 2.24) is 19.7 Å². The topological polar surface area (TPSA) is 81.2 Å². The van der Waals surface area contributed by atoms with Crippen molar-refractivity contribution < 1.29 is 14.0 Å². The van der Waals surface area contributed by atoms with Crippen molar-refractivity contribution in [2.45, 2.75) is 18.0 Å². The summed E-state index contributed by atoms with van der Waals surface area (Å²) >= 11 is 1.60. The van der Waals surface area contributed by atoms with Crippen LogP contribution in [0.4, 0.5) is 0 Å². The van der Waals surface area contributed by atoms with Crippen molar-refractivity contribution in [2.75, 3.05) is 12.3 Å². The molecule has 0 saturated heterocycles. The van der Waals surface area contributed by atoms with Gasteiger partial charge in [0.15, 0.2) is 16.7 Å². The van der Waals surface area contributed by atoms with E-state index in [9.17, 15) is 9.59 Å². The number of nitrogens with zero attached hydrogens (tertiary/aromatic N) is 4. The summed E-state index contributed by atoms with van der Waals surface area (Å²) in [6.45, 7) is 0.434. The highest BCUT2D eigenvalue weighted by molar-refractivity contribution is 7.99. The third-order valence-corrected chi connectivity index (χ3v) is 5.57. The Balaban J connectivity index is 1.27. The molecule has 0 spiro atoms. The standard InChI is InChI=1S/C19H18N4O3S/c1-22-16(15-9-6-11-26-15)20-21-19(22)27-12-5-4-10-23-17(24)13-7-2-3-8-14(13)18(23)25/h2-3,6-9,11H,4-5,10,12H2,1H3. The molecule has 4 rings (SSSR count). The zero-order valence-electron chi connectivity index (χ0n) is 14.8. The molecule has 3 aromatic rings. The van der Waals surface area contributed by atoms with Gasteiger partial charge in [0.1, 0.15) is 0 Å². The molecule has 0 saturated carbocycles. The van der Waals surface area contributed by atoms with Gasteiger partial charge in [-0.15, -0.1) is 10.2 Å². The number of imide groups is 1. The lowest BCUT2D eigenvalue weighted by Gasteiger charge is -2.13. The molecular formula is C19H18N4O3S. The molecule has 138 valence electrons. The summed E-state index contributed by atoms with van der Waals surface area (Å²) in [6.07, 6.45) is 3.22.